The molecule has 4 rings (SSSR count). The zero-order chi connectivity index (χ0) is 20.6. The van der Waals surface area contributed by atoms with Crippen LogP contribution in [0.1, 0.15) is 43.8 Å². The molecule has 1 aliphatic carbocycles. The fourth-order valence-corrected chi connectivity index (χ4v) is 4.24. The van der Waals surface area contributed by atoms with E-state index < -0.39 is 0 Å². The third-order valence-corrected chi connectivity index (χ3v) is 5.79. The molecule has 3 aromatic rings. The van der Waals surface area contributed by atoms with Crippen LogP contribution in [0.3, 0.4) is 0 Å². The molecule has 156 valence electrons. The Labute approximate surface area is 179 Å². The summed E-state index contributed by atoms with van der Waals surface area (Å²) in [6.07, 6.45) is 9.57. The van der Waals surface area contributed by atoms with Crippen molar-refractivity contribution in [3.05, 3.63) is 84.7 Å². The zero-order valence-corrected chi connectivity index (χ0v) is 17.6. The number of hydrogen-bond acceptors (Lipinski definition) is 4. The molecule has 0 aliphatic heterocycles. The van der Waals surface area contributed by atoms with Gasteiger partial charge >= 0.3 is 0 Å². The van der Waals surface area contributed by atoms with Gasteiger partial charge in [0, 0.05) is 35.9 Å². The summed E-state index contributed by atoms with van der Waals surface area (Å²) in [4.78, 5) is 6.71. The van der Waals surface area contributed by atoms with E-state index in [0.29, 0.717) is 6.10 Å². The van der Waals surface area contributed by atoms with Crippen molar-refractivity contribution in [2.24, 2.45) is 0 Å². The lowest BCUT2D eigenvalue weighted by Crippen LogP contribution is -2.23. The van der Waals surface area contributed by atoms with Crippen LogP contribution < -0.4 is 9.64 Å². The number of ether oxygens (including phenoxy) is 2. The summed E-state index contributed by atoms with van der Waals surface area (Å²) in [5.41, 5.74) is 3.40. The summed E-state index contributed by atoms with van der Waals surface area (Å²) in [5, 5.41) is 0. The van der Waals surface area contributed by atoms with Crippen LogP contribution >= 0.6 is 0 Å². The molecule has 1 unspecified atom stereocenters. The average Bonchev–Trinajstić information content (AvgIpc) is 3.33. The van der Waals surface area contributed by atoms with Crippen LogP contribution in [0.2, 0.25) is 0 Å². The molecule has 0 bridgehead atoms. The standard InChI is InChI=1S/C26H30N2O2/c1-29-25-16-18-27-20-24(25)26(30-23-14-8-9-15-23)17-19-28(21-10-4-2-5-11-21)22-12-6-3-7-13-22/h2-7,10-13,16,18,20,23,26H,8-9,14-15,17,19H2,1H3. The zero-order valence-electron chi connectivity index (χ0n) is 17.6. The van der Waals surface area contributed by atoms with Crippen LogP contribution in [-0.2, 0) is 4.74 Å². The van der Waals surface area contributed by atoms with Crippen LogP contribution in [-0.4, -0.2) is 24.7 Å². The number of methoxy groups -OCH3 is 1. The SMILES string of the molecule is COc1ccncc1C(CCN(c1ccccc1)c1ccccc1)OC1CCCC1. The first-order valence-electron chi connectivity index (χ1n) is 10.9. The molecule has 4 heteroatoms. The van der Waals surface area contributed by atoms with E-state index in [4.69, 9.17) is 9.47 Å². The molecule has 0 saturated heterocycles. The largest absolute Gasteiger partial charge is 0.496 e. The van der Waals surface area contributed by atoms with E-state index in [1.807, 2.05) is 12.3 Å². The molecular formula is C26H30N2O2. The normalized spacial score (nSPS) is 15.1. The van der Waals surface area contributed by atoms with Gasteiger partial charge in [0.1, 0.15) is 5.75 Å². The van der Waals surface area contributed by atoms with Gasteiger partial charge in [-0.25, -0.2) is 0 Å². The van der Waals surface area contributed by atoms with Crippen LogP contribution in [0.5, 0.6) is 5.75 Å². The van der Waals surface area contributed by atoms with E-state index in [1.54, 1.807) is 13.3 Å². The van der Waals surface area contributed by atoms with E-state index in [1.165, 1.54) is 24.2 Å². The van der Waals surface area contributed by atoms with Crippen molar-refractivity contribution in [2.75, 3.05) is 18.6 Å². The lowest BCUT2D eigenvalue weighted by atomic mass is 10.1. The Balaban J connectivity index is 1.59. The maximum Gasteiger partial charge on any atom is 0.127 e. The van der Waals surface area contributed by atoms with Gasteiger partial charge in [-0.2, -0.15) is 0 Å². The number of para-hydroxylation sites is 2. The average molecular weight is 403 g/mol. The number of nitrogens with zero attached hydrogens (tertiary/aromatic N) is 2. The number of anilines is 2. The molecule has 1 fully saturated rings. The van der Waals surface area contributed by atoms with E-state index in [-0.39, 0.29) is 6.10 Å². The highest BCUT2D eigenvalue weighted by Crippen LogP contribution is 2.35. The molecule has 0 radical (unpaired) electrons. The summed E-state index contributed by atoms with van der Waals surface area (Å²) in [6, 6.07) is 23.0. The Kier molecular flexibility index (Phi) is 6.99. The van der Waals surface area contributed by atoms with Crippen molar-refractivity contribution in [1.82, 2.24) is 4.98 Å². The molecule has 1 atom stereocenters. The minimum Gasteiger partial charge on any atom is -0.496 e. The molecule has 0 spiro atoms. The second kappa shape index (κ2) is 10.3. The summed E-state index contributed by atoms with van der Waals surface area (Å²) >= 11 is 0. The molecule has 4 nitrogen and oxygen atoms in total. The Morgan fingerprint density at radius 2 is 1.57 bits per heavy atom. The van der Waals surface area contributed by atoms with Gasteiger partial charge in [0.25, 0.3) is 0 Å². The van der Waals surface area contributed by atoms with E-state index >= 15 is 0 Å². The quantitative estimate of drug-likeness (QED) is 0.419. The minimum absolute atomic E-state index is 0.0494. The third-order valence-electron chi connectivity index (χ3n) is 5.79. The van der Waals surface area contributed by atoms with Crippen molar-refractivity contribution in [3.63, 3.8) is 0 Å². The maximum absolute atomic E-state index is 6.62. The molecule has 2 aromatic carbocycles. The molecule has 1 saturated carbocycles. The predicted molar refractivity (Wildman–Crippen MR) is 121 cm³/mol. The fourth-order valence-electron chi connectivity index (χ4n) is 4.24. The van der Waals surface area contributed by atoms with Gasteiger partial charge in [-0.15, -0.1) is 0 Å². The second-order valence-corrected chi connectivity index (χ2v) is 7.76. The van der Waals surface area contributed by atoms with Gasteiger partial charge in [-0.1, -0.05) is 49.2 Å². The monoisotopic (exact) mass is 402 g/mol. The van der Waals surface area contributed by atoms with Gasteiger partial charge < -0.3 is 14.4 Å². The van der Waals surface area contributed by atoms with Gasteiger partial charge in [0.05, 0.1) is 19.3 Å². The lowest BCUT2D eigenvalue weighted by Gasteiger charge is -2.29. The van der Waals surface area contributed by atoms with E-state index in [0.717, 1.165) is 37.1 Å². The molecule has 0 N–H and O–H groups in total. The van der Waals surface area contributed by atoms with Crippen molar-refractivity contribution in [3.8, 4) is 5.75 Å². The second-order valence-electron chi connectivity index (χ2n) is 7.76. The van der Waals surface area contributed by atoms with Crippen LogP contribution in [0.4, 0.5) is 11.4 Å². The first-order valence-corrected chi connectivity index (χ1v) is 10.9. The molecular weight excluding hydrogens is 372 g/mol. The summed E-state index contributed by atoms with van der Waals surface area (Å²) in [6.45, 7) is 0.837. The molecule has 1 aromatic heterocycles. The van der Waals surface area contributed by atoms with Crippen LogP contribution in [0, 0.1) is 0 Å². The van der Waals surface area contributed by atoms with E-state index in [9.17, 15) is 0 Å². The maximum atomic E-state index is 6.62. The first kappa shape index (κ1) is 20.4. The van der Waals surface area contributed by atoms with Crippen molar-refractivity contribution >= 4 is 11.4 Å². The predicted octanol–water partition coefficient (Wildman–Crippen LogP) is 6.32. The highest BCUT2D eigenvalue weighted by atomic mass is 16.5. The summed E-state index contributed by atoms with van der Waals surface area (Å²) in [5.74, 6) is 0.846. The summed E-state index contributed by atoms with van der Waals surface area (Å²) in [7, 11) is 1.71. The minimum atomic E-state index is -0.0494. The van der Waals surface area contributed by atoms with Gasteiger partial charge in [0.2, 0.25) is 0 Å². The first-order chi connectivity index (χ1) is 14.8. The van der Waals surface area contributed by atoms with Crippen molar-refractivity contribution in [2.45, 2.75) is 44.3 Å². The molecule has 0 amide bonds. The van der Waals surface area contributed by atoms with E-state index in [2.05, 4.69) is 70.5 Å². The Morgan fingerprint density at radius 3 is 2.17 bits per heavy atom. The van der Waals surface area contributed by atoms with Crippen molar-refractivity contribution in [1.29, 1.82) is 0 Å². The van der Waals surface area contributed by atoms with Crippen LogP contribution in [0.15, 0.2) is 79.1 Å². The number of aromatic nitrogens is 1. The molecule has 1 heterocycles. The molecule has 1 aliphatic rings. The Hall–Kier alpha value is -2.85. The highest BCUT2D eigenvalue weighted by molar-refractivity contribution is 5.62. The van der Waals surface area contributed by atoms with Crippen LogP contribution in [0.25, 0.3) is 0 Å². The number of pyridine rings is 1. The van der Waals surface area contributed by atoms with Gasteiger partial charge in [-0.3, -0.25) is 4.98 Å². The Bertz CT molecular complexity index is 856. The number of benzene rings is 2. The lowest BCUT2D eigenvalue weighted by molar-refractivity contribution is -0.0138. The summed E-state index contributed by atoms with van der Waals surface area (Å²) < 4.78 is 12.2. The van der Waals surface area contributed by atoms with Crippen molar-refractivity contribution < 1.29 is 9.47 Å². The molecule has 30 heavy (non-hydrogen) atoms. The van der Waals surface area contributed by atoms with Gasteiger partial charge in [0.15, 0.2) is 0 Å². The number of hydrogen-bond donors (Lipinski definition) is 0. The van der Waals surface area contributed by atoms with Gasteiger partial charge in [-0.05, 0) is 49.6 Å². The Morgan fingerprint density at radius 1 is 0.933 bits per heavy atom. The highest BCUT2D eigenvalue weighted by Gasteiger charge is 2.25. The fraction of sp³-hybridized carbons (Fsp3) is 0.346. The smallest absolute Gasteiger partial charge is 0.127 e. The third kappa shape index (κ3) is 5.00. The topological polar surface area (TPSA) is 34.6 Å². The number of rotatable bonds is 9.